The van der Waals surface area contributed by atoms with Crippen LogP contribution in [0.4, 0.5) is 5.69 Å². The fraction of sp³-hybridized carbons (Fsp3) is 0.348. The molecule has 0 aliphatic carbocycles. The lowest BCUT2D eigenvalue weighted by Gasteiger charge is -2.28. The van der Waals surface area contributed by atoms with Crippen molar-refractivity contribution in [2.45, 2.75) is 13.8 Å². The molecule has 0 saturated carbocycles. The molecule has 1 saturated heterocycles. The summed E-state index contributed by atoms with van der Waals surface area (Å²) in [5.41, 5.74) is 4.47. The Kier molecular flexibility index (Phi) is 6.80. The van der Waals surface area contributed by atoms with Gasteiger partial charge in [-0.15, -0.1) is 0 Å². The molecule has 2 aromatic rings. The molecule has 0 radical (unpaired) electrons. The number of carbonyl (C=O) groups is 1. The van der Waals surface area contributed by atoms with Gasteiger partial charge in [-0.25, -0.2) is 0 Å². The summed E-state index contributed by atoms with van der Waals surface area (Å²) in [6.07, 6.45) is 4.47. The van der Waals surface area contributed by atoms with Crippen molar-refractivity contribution in [2.24, 2.45) is 0 Å². The maximum absolute atomic E-state index is 12.4. The van der Waals surface area contributed by atoms with Gasteiger partial charge in [-0.3, -0.25) is 4.79 Å². The standard InChI is InChI=1S/C23H29N3O/c1-19-8-6-9-20(2)23(19)24-22(27)18-26-16-14-25(15-17-26)13-7-12-21-10-4-3-5-11-21/h3-12H,13-18H2,1-2H3,(H,24,27)/p+2/b12-7+. The monoisotopic (exact) mass is 365 g/mol. The topological polar surface area (TPSA) is 38.0 Å². The van der Waals surface area contributed by atoms with Gasteiger partial charge in [-0.1, -0.05) is 54.6 Å². The van der Waals surface area contributed by atoms with Crippen LogP contribution in [0.5, 0.6) is 0 Å². The maximum atomic E-state index is 12.4. The Morgan fingerprint density at radius 1 is 0.926 bits per heavy atom. The lowest BCUT2D eigenvalue weighted by atomic mass is 10.1. The average molecular weight is 366 g/mol. The molecule has 142 valence electrons. The highest BCUT2D eigenvalue weighted by atomic mass is 16.2. The van der Waals surface area contributed by atoms with Crippen LogP contribution in [-0.4, -0.2) is 45.2 Å². The number of anilines is 1. The molecule has 1 fully saturated rings. The van der Waals surface area contributed by atoms with Gasteiger partial charge in [-0.05, 0) is 36.6 Å². The van der Waals surface area contributed by atoms with Crippen LogP contribution in [0.25, 0.3) is 6.08 Å². The minimum Gasteiger partial charge on any atom is -0.322 e. The van der Waals surface area contributed by atoms with Gasteiger partial charge in [0.05, 0.1) is 6.54 Å². The summed E-state index contributed by atoms with van der Waals surface area (Å²) in [6, 6.07) is 16.5. The summed E-state index contributed by atoms with van der Waals surface area (Å²) < 4.78 is 0. The summed E-state index contributed by atoms with van der Waals surface area (Å²) in [6.45, 7) is 10.0. The lowest BCUT2D eigenvalue weighted by Crippen LogP contribution is -3.28. The first-order valence-electron chi connectivity index (χ1n) is 9.86. The van der Waals surface area contributed by atoms with E-state index in [1.54, 1.807) is 4.90 Å². The molecular weight excluding hydrogens is 334 g/mol. The molecule has 4 nitrogen and oxygen atoms in total. The normalized spacial score (nSPS) is 19.9. The van der Waals surface area contributed by atoms with Gasteiger partial charge in [-0.2, -0.15) is 0 Å². The van der Waals surface area contributed by atoms with Crippen molar-refractivity contribution in [1.82, 2.24) is 0 Å². The van der Waals surface area contributed by atoms with E-state index in [1.165, 1.54) is 10.5 Å². The molecule has 0 unspecified atom stereocenters. The molecular formula is C23H31N3O+2. The molecule has 0 atom stereocenters. The van der Waals surface area contributed by atoms with Crippen LogP contribution in [0.15, 0.2) is 54.6 Å². The Balaban J connectivity index is 1.41. The van der Waals surface area contributed by atoms with Gasteiger partial charge in [0.15, 0.2) is 6.54 Å². The minimum atomic E-state index is 0.120. The zero-order valence-electron chi connectivity index (χ0n) is 16.4. The number of piperazine rings is 1. The van der Waals surface area contributed by atoms with E-state index in [0.717, 1.165) is 49.5 Å². The summed E-state index contributed by atoms with van der Waals surface area (Å²) in [7, 11) is 0. The average Bonchev–Trinajstić information content (AvgIpc) is 2.67. The van der Waals surface area contributed by atoms with E-state index in [9.17, 15) is 4.79 Å². The number of para-hydroxylation sites is 1. The number of benzene rings is 2. The number of rotatable bonds is 6. The van der Waals surface area contributed by atoms with Crippen molar-refractivity contribution in [2.75, 3.05) is 44.6 Å². The summed E-state index contributed by atoms with van der Waals surface area (Å²) in [5.74, 6) is 0.120. The third-order valence-corrected chi connectivity index (χ3v) is 5.34. The molecule has 3 rings (SSSR count). The quantitative estimate of drug-likeness (QED) is 0.694. The van der Waals surface area contributed by atoms with Crippen LogP contribution >= 0.6 is 0 Å². The molecule has 1 aliphatic rings. The minimum absolute atomic E-state index is 0.120. The first kappa shape index (κ1) is 19.3. The molecule has 4 heteroatoms. The lowest BCUT2D eigenvalue weighted by molar-refractivity contribution is -1.01. The van der Waals surface area contributed by atoms with Gasteiger partial charge in [0, 0.05) is 5.69 Å². The molecule has 27 heavy (non-hydrogen) atoms. The van der Waals surface area contributed by atoms with Crippen LogP contribution in [0.1, 0.15) is 16.7 Å². The van der Waals surface area contributed by atoms with Gasteiger partial charge >= 0.3 is 0 Å². The highest BCUT2D eigenvalue weighted by Gasteiger charge is 2.24. The second-order valence-corrected chi connectivity index (χ2v) is 7.51. The van der Waals surface area contributed by atoms with Crippen LogP contribution in [0.3, 0.4) is 0 Å². The van der Waals surface area contributed by atoms with Gasteiger partial charge in [0.2, 0.25) is 0 Å². The fourth-order valence-electron chi connectivity index (χ4n) is 3.69. The third kappa shape index (κ3) is 5.78. The number of hydrogen-bond acceptors (Lipinski definition) is 1. The molecule has 3 N–H and O–H groups in total. The first-order chi connectivity index (χ1) is 13.1. The van der Waals surface area contributed by atoms with Gasteiger partial charge in [0.25, 0.3) is 5.91 Å². The van der Waals surface area contributed by atoms with Crippen LogP contribution in [-0.2, 0) is 4.79 Å². The number of nitrogens with one attached hydrogen (secondary N) is 3. The van der Waals surface area contributed by atoms with Gasteiger partial charge in [0.1, 0.15) is 26.2 Å². The zero-order valence-corrected chi connectivity index (χ0v) is 16.4. The maximum Gasteiger partial charge on any atom is 0.279 e. The van der Waals surface area contributed by atoms with Crippen molar-refractivity contribution in [3.8, 4) is 0 Å². The summed E-state index contributed by atoms with van der Waals surface area (Å²) >= 11 is 0. The Hall–Kier alpha value is -2.43. The molecule has 1 heterocycles. The number of aryl methyl sites for hydroxylation is 2. The van der Waals surface area contributed by atoms with E-state index >= 15 is 0 Å². The largest absolute Gasteiger partial charge is 0.322 e. The molecule has 2 aromatic carbocycles. The van der Waals surface area contributed by atoms with E-state index < -0.39 is 0 Å². The number of hydrogen-bond donors (Lipinski definition) is 3. The van der Waals surface area contributed by atoms with Crippen molar-refractivity contribution >= 4 is 17.7 Å². The van der Waals surface area contributed by atoms with Crippen LogP contribution < -0.4 is 15.1 Å². The Morgan fingerprint density at radius 2 is 1.56 bits per heavy atom. The fourth-order valence-corrected chi connectivity index (χ4v) is 3.69. The van der Waals surface area contributed by atoms with Crippen LogP contribution in [0.2, 0.25) is 0 Å². The molecule has 0 aromatic heterocycles. The highest BCUT2D eigenvalue weighted by Crippen LogP contribution is 2.18. The highest BCUT2D eigenvalue weighted by molar-refractivity contribution is 5.93. The van der Waals surface area contributed by atoms with E-state index in [2.05, 4.69) is 41.7 Å². The number of quaternary nitrogens is 2. The Labute approximate surface area is 162 Å². The molecule has 1 amide bonds. The van der Waals surface area contributed by atoms with Crippen molar-refractivity contribution in [3.63, 3.8) is 0 Å². The molecule has 1 aliphatic heterocycles. The van der Waals surface area contributed by atoms with E-state index in [1.807, 2.05) is 38.1 Å². The van der Waals surface area contributed by atoms with Crippen LogP contribution in [0, 0.1) is 13.8 Å². The predicted molar refractivity (Wildman–Crippen MR) is 111 cm³/mol. The second kappa shape index (κ2) is 9.49. The van der Waals surface area contributed by atoms with Crippen molar-refractivity contribution in [1.29, 1.82) is 0 Å². The van der Waals surface area contributed by atoms with Crippen molar-refractivity contribution < 1.29 is 14.6 Å². The Bertz CT molecular complexity index is 757. The SMILES string of the molecule is Cc1cccc(C)c1NC(=O)C[NH+]1CC[NH+](C/C=C/c2ccccc2)CC1. The van der Waals surface area contributed by atoms with Gasteiger partial charge < -0.3 is 15.1 Å². The smallest absolute Gasteiger partial charge is 0.279 e. The zero-order chi connectivity index (χ0) is 19.1. The number of amides is 1. The third-order valence-electron chi connectivity index (χ3n) is 5.34. The van der Waals surface area contributed by atoms with E-state index in [4.69, 9.17) is 0 Å². The van der Waals surface area contributed by atoms with E-state index in [-0.39, 0.29) is 5.91 Å². The second-order valence-electron chi connectivity index (χ2n) is 7.51. The number of carbonyl (C=O) groups excluding carboxylic acids is 1. The van der Waals surface area contributed by atoms with Crippen molar-refractivity contribution in [3.05, 3.63) is 71.3 Å². The first-order valence-corrected chi connectivity index (χ1v) is 9.86. The summed E-state index contributed by atoms with van der Waals surface area (Å²) in [4.78, 5) is 15.4. The molecule has 0 bridgehead atoms. The predicted octanol–water partition coefficient (Wildman–Crippen LogP) is 0.739. The van der Waals surface area contributed by atoms with E-state index in [0.29, 0.717) is 6.54 Å². The molecule has 0 spiro atoms. The Morgan fingerprint density at radius 3 is 2.22 bits per heavy atom. The summed E-state index contributed by atoms with van der Waals surface area (Å²) in [5, 5.41) is 3.11.